The molecular weight excluding hydrogens is 684 g/mol. The number of hydrogen-bond donors (Lipinski definition) is 3. The number of rotatable bonds is 11. The highest BCUT2D eigenvalue weighted by molar-refractivity contribution is 7.92. The molecule has 0 spiro atoms. The lowest BCUT2D eigenvalue weighted by Gasteiger charge is -2.30. The Morgan fingerprint density at radius 3 is 2.07 bits per heavy atom. The molecule has 0 radical (unpaired) electrons. The molecule has 0 atom stereocenters. The van der Waals surface area contributed by atoms with Crippen molar-refractivity contribution in [3.63, 3.8) is 0 Å². The number of aliphatic carboxylic acids is 1. The number of carboxylic acid groups (broad SMARTS) is 1. The molecule has 17 heteroatoms. The van der Waals surface area contributed by atoms with Crippen LogP contribution in [0.5, 0.6) is 11.6 Å². The average Bonchev–Trinajstić information content (AvgIpc) is 2.93. The van der Waals surface area contributed by atoms with E-state index in [2.05, 4.69) is 47.6 Å². The first-order chi connectivity index (χ1) is 20.8. The van der Waals surface area contributed by atoms with Gasteiger partial charge in [0.1, 0.15) is 11.4 Å². The van der Waals surface area contributed by atoms with E-state index in [1.165, 1.54) is 30.5 Å². The maximum absolute atomic E-state index is 12.9. The van der Waals surface area contributed by atoms with Gasteiger partial charge in [0, 0.05) is 36.9 Å². The van der Waals surface area contributed by atoms with Crippen LogP contribution < -0.4 is 14.8 Å². The van der Waals surface area contributed by atoms with Gasteiger partial charge in [-0.25, -0.2) is 18.2 Å². The van der Waals surface area contributed by atoms with Crippen molar-refractivity contribution in [1.29, 1.82) is 0 Å². The summed E-state index contributed by atoms with van der Waals surface area (Å²) in [6, 6.07) is 12.5. The fourth-order valence-corrected chi connectivity index (χ4v) is 5.32. The first-order valence-corrected chi connectivity index (χ1v) is 15.7. The minimum Gasteiger partial charge on any atom is -0.475 e. The van der Waals surface area contributed by atoms with Crippen molar-refractivity contribution < 1.29 is 41.0 Å². The lowest BCUT2D eigenvalue weighted by atomic mass is 10.2. The molecular formula is C28H30Cl3F3N4O6S. The highest BCUT2D eigenvalue weighted by Gasteiger charge is 2.38. The van der Waals surface area contributed by atoms with Gasteiger partial charge in [0.25, 0.3) is 15.9 Å². The minimum atomic E-state index is -5.08. The number of carbonyl (C=O) groups is 2. The predicted molar refractivity (Wildman–Crippen MR) is 166 cm³/mol. The van der Waals surface area contributed by atoms with Crippen LogP contribution in [0.2, 0.25) is 15.1 Å². The van der Waals surface area contributed by atoms with Crippen molar-refractivity contribution in [2.75, 3.05) is 17.8 Å². The summed E-state index contributed by atoms with van der Waals surface area (Å²) in [5.41, 5.74) is 0.479. The molecule has 0 bridgehead atoms. The third kappa shape index (κ3) is 11.9. The third-order valence-electron chi connectivity index (χ3n) is 5.82. The summed E-state index contributed by atoms with van der Waals surface area (Å²) >= 11 is 17.9. The Morgan fingerprint density at radius 1 is 0.978 bits per heavy atom. The topological polar surface area (TPSA) is 138 Å². The number of benzene rings is 2. The molecule has 0 saturated carbocycles. The van der Waals surface area contributed by atoms with E-state index in [0.717, 1.165) is 6.54 Å². The molecule has 3 rings (SSSR count). The van der Waals surface area contributed by atoms with Crippen molar-refractivity contribution in [1.82, 2.24) is 15.2 Å². The largest absolute Gasteiger partial charge is 0.490 e. The lowest BCUT2D eigenvalue weighted by molar-refractivity contribution is -0.192. The number of carbonyl (C=O) groups excluding carboxylic acids is 1. The first-order valence-electron chi connectivity index (χ1n) is 13.1. The van der Waals surface area contributed by atoms with Crippen LogP contribution in [-0.2, 0) is 14.8 Å². The van der Waals surface area contributed by atoms with Crippen LogP contribution in [0, 0.1) is 0 Å². The normalized spacial score (nSPS) is 11.7. The van der Waals surface area contributed by atoms with Gasteiger partial charge in [0.05, 0.1) is 20.0 Å². The Morgan fingerprint density at radius 2 is 1.56 bits per heavy atom. The van der Waals surface area contributed by atoms with E-state index in [-0.39, 0.29) is 37.4 Å². The molecule has 45 heavy (non-hydrogen) atoms. The number of sulfonamides is 1. The van der Waals surface area contributed by atoms with Crippen molar-refractivity contribution >= 4 is 62.4 Å². The maximum Gasteiger partial charge on any atom is 0.490 e. The Balaban J connectivity index is 0.000000900. The second kappa shape index (κ2) is 16.3. The van der Waals surface area contributed by atoms with Gasteiger partial charge in [0.15, 0.2) is 0 Å². The number of amides is 1. The molecule has 0 fully saturated rings. The van der Waals surface area contributed by atoms with Gasteiger partial charge >= 0.3 is 12.1 Å². The van der Waals surface area contributed by atoms with Crippen molar-refractivity contribution in [2.24, 2.45) is 0 Å². The molecule has 0 aliphatic carbocycles. The van der Waals surface area contributed by atoms with E-state index < -0.39 is 22.2 Å². The summed E-state index contributed by atoms with van der Waals surface area (Å²) in [5, 5.41) is 10.6. The molecule has 10 nitrogen and oxygen atoms in total. The van der Waals surface area contributed by atoms with E-state index in [1.807, 2.05) is 0 Å². The summed E-state index contributed by atoms with van der Waals surface area (Å²) in [6.45, 7) is 9.76. The zero-order chi connectivity index (χ0) is 34.1. The second-order valence-electron chi connectivity index (χ2n) is 9.80. The highest BCUT2D eigenvalue weighted by Crippen LogP contribution is 2.32. The number of nitrogens with zero attached hydrogens (tertiary/aromatic N) is 2. The number of alkyl halides is 3. The number of nitrogens with one attached hydrogen (secondary N) is 2. The van der Waals surface area contributed by atoms with Crippen LogP contribution >= 0.6 is 34.8 Å². The van der Waals surface area contributed by atoms with Crippen molar-refractivity contribution in [2.45, 2.75) is 50.9 Å². The zero-order valence-corrected chi connectivity index (χ0v) is 27.4. The fourth-order valence-electron chi connectivity index (χ4n) is 3.73. The van der Waals surface area contributed by atoms with Gasteiger partial charge in [-0.15, -0.1) is 0 Å². The average molecular weight is 714 g/mol. The van der Waals surface area contributed by atoms with Gasteiger partial charge in [-0.05, 0) is 76.2 Å². The van der Waals surface area contributed by atoms with Gasteiger partial charge < -0.3 is 15.2 Å². The molecule has 1 aromatic heterocycles. The Labute approximate surface area is 273 Å². The van der Waals surface area contributed by atoms with Crippen LogP contribution in [0.1, 0.15) is 38.1 Å². The molecule has 0 aliphatic rings. The predicted octanol–water partition coefficient (Wildman–Crippen LogP) is 7.12. The van der Waals surface area contributed by atoms with E-state index in [1.54, 1.807) is 24.3 Å². The summed E-state index contributed by atoms with van der Waals surface area (Å²) in [4.78, 5) is 27.8. The quantitative estimate of drug-likeness (QED) is 0.191. The minimum absolute atomic E-state index is 0.0188. The Kier molecular flexibility index (Phi) is 13.7. The third-order valence-corrected chi connectivity index (χ3v) is 8.13. The monoisotopic (exact) mass is 712 g/mol. The summed E-state index contributed by atoms with van der Waals surface area (Å²) < 4.78 is 65.8. The number of pyridine rings is 1. The second-order valence-corrected chi connectivity index (χ2v) is 12.7. The molecule has 2 aromatic carbocycles. The molecule has 0 saturated heterocycles. The number of anilines is 1. The van der Waals surface area contributed by atoms with E-state index >= 15 is 0 Å². The number of hydrogen-bond acceptors (Lipinski definition) is 7. The molecule has 246 valence electrons. The van der Waals surface area contributed by atoms with E-state index in [0.29, 0.717) is 29.9 Å². The van der Waals surface area contributed by atoms with E-state index in [4.69, 9.17) is 49.4 Å². The Hall–Kier alpha value is -3.30. The fraction of sp³-hybridized carbons (Fsp3) is 0.321. The van der Waals surface area contributed by atoms with Gasteiger partial charge in [-0.3, -0.25) is 14.4 Å². The van der Waals surface area contributed by atoms with Crippen LogP contribution in [0.15, 0.2) is 59.6 Å². The van der Waals surface area contributed by atoms with Crippen LogP contribution in [0.4, 0.5) is 18.9 Å². The van der Waals surface area contributed by atoms with Gasteiger partial charge in [-0.2, -0.15) is 13.2 Å². The summed E-state index contributed by atoms with van der Waals surface area (Å²) in [7, 11) is -4.06. The molecule has 1 heterocycles. The number of aromatic nitrogens is 1. The van der Waals surface area contributed by atoms with Crippen molar-refractivity contribution in [3.05, 3.63) is 75.4 Å². The van der Waals surface area contributed by atoms with Crippen LogP contribution in [0.3, 0.4) is 0 Å². The molecule has 3 N–H and O–H groups in total. The number of carboxylic acids is 1. The van der Waals surface area contributed by atoms with E-state index in [9.17, 15) is 26.4 Å². The maximum atomic E-state index is 12.9. The number of ether oxygens (including phenoxy) is 1. The standard InChI is InChI=1S/C26H29Cl3N4O4S.C2HF3O2/c1-16(2)33(17(3)4)12-11-30-25(34)18-5-7-20(8-6-18)37-26-24(13-19(27)15-31-26)32-38(35,36)21-9-10-22(28)23(29)14-21;3-2(4,5)1(6)7/h5-10,13-17,32H,11-12H2,1-4H3,(H,30,34);(H,6,7). The van der Waals surface area contributed by atoms with Gasteiger partial charge in [-0.1, -0.05) is 34.8 Å². The summed E-state index contributed by atoms with van der Waals surface area (Å²) in [5.74, 6) is -2.65. The highest BCUT2D eigenvalue weighted by atomic mass is 35.5. The zero-order valence-electron chi connectivity index (χ0n) is 24.3. The van der Waals surface area contributed by atoms with Crippen LogP contribution in [0.25, 0.3) is 0 Å². The smallest absolute Gasteiger partial charge is 0.475 e. The number of halogens is 6. The first kappa shape index (κ1) is 37.9. The van der Waals surface area contributed by atoms with Crippen molar-refractivity contribution in [3.8, 4) is 11.6 Å². The van der Waals surface area contributed by atoms with Gasteiger partial charge in [0.2, 0.25) is 5.88 Å². The summed E-state index contributed by atoms with van der Waals surface area (Å²) in [6.07, 6.45) is -3.76. The SMILES string of the molecule is CC(C)N(CCNC(=O)c1ccc(Oc2ncc(Cl)cc2NS(=O)(=O)c2ccc(Cl)c(Cl)c2)cc1)C(C)C.O=C(O)C(F)(F)F. The molecule has 0 aliphatic heterocycles. The molecule has 0 unspecified atom stereocenters. The molecule has 3 aromatic rings. The van der Waals surface area contributed by atoms with Crippen LogP contribution in [-0.4, -0.2) is 66.6 Å². The molecule has 1 amide bonds. The lowest BCUT2D eigenvalue weighted by Crippen LogP contribution is -2.42. The Bertz CT molecular complexity index is 1580.